The van der Waals surface area contributed by atoms with Gasteiger partial charge in [-0.15, -0.1) is 0 Å². The Labute approximate surface area is 208 Å². The van der Waals surface area contributed by atoms with E-state index in [1.54, 1.807) is 24.2 Å². The Bertz CT molecular complexity index is 1450. The number of nitrogens with zero attached hydrogens (tertiary/aromatic N) is 4. The van der Waals surface area contributed by atoms with Crippen LogP contribution in [0.4, 0.5) is 0 Å². The molecule has 0 bridgehead atoms. The van der Waals surface area contributed by atoms with Crippen LogP contribution in [0, 0.1) is 6.92 Å². The summed E-state index contributed by atoms with van der Waals surface area (Å²) in [6.07, 6.45) is 5.35. The van der Waals surface area contributed by atoms with Crippen molar-refractivity contribution in [2.75, 3.05) is 0 Å². The zero-order valence-electron chi connectivity index (χ0n) is 19.4. The Hall–Kier alpha value is -3.97. The monoisotopic (exact) mass is 479 g/mol. The van der Waals surface area contributed by atoms with Gasteiger partial charge in [0, 0.05) is 23.7 Å². The van der Waals surface area contributed by atoms with Crippen LogP contribution in [0.3, 0.4) is 0 Å². The molecule has 5 rings (SSSR count). The van der Waals surface area contributed by atoms with Crippen LogP contribution in [0.1, 0.15) is 32.7 Å². The summed E-state index contributed by atoms with van der Waals surface area (Å²) in [5.41, 5.74) is 6.99. The molecule has 2 aromatic carbocycles. The minimum Gasteiger partial charge on any atom is -0.346 e. The highest BCUT2D eigenvalue weighted by molar-refractivity contribution is 7.98. The predicted octanol–water partition coefficient (Wildman–Crippen LogP) is 5.41. The van der Waals surface area contributed by atoms with E-state index >= 15 is 0 Å². The Kier molecular flexibility index (Phi) is 6.86. The first-order valence-electron chi connectivity index (χ1n) is 11.4. The summed E-state index contributed by atoms with van der Waals surface area (Å²) in [7, 11) is 0. The fourth-order valence-corrected chi connectivity index (χ4v) is 4.84. The van der Waals surface area contributed by atoms with Crippen LogP contribution in [-0.4, -0.2) is 25.4 Å². The fourth-order valence-electron chi connectivity index (χ4n) is 3.88. The molecule has 0 aliphatic carbocycles. The molecule has 0 aliphatic heterocycles. The van der Waals surface area contributed by atoms with Crippen molar-refractivity contribution >= 4 is 28.7 Å². The highest BCUT2D eigenvalue weighted by Gasteiger charge is 2.13. The molecule has 35 heavy (non-hydrogen) atoms. The van der Waals surface area contributed by atoms with E-state index in [-0.39, 0.29) is 5.91 Å². The van der Waals surface area contributed by atoms with E-state index < -0.39 is 0 Å². The largest absolute Gasteiger partial charge is 0.346 e. The lowest BCUT2D eigenvalue weighted by Crippen LogP contribution is -2.23. The first-order valence-corrected chi connectivity index (χ1v) is 12.4. The van der Waals surface area contributed by atoms with E-state index in [4.69, 9.17) is 4.98 Å². The molecule has 1 amide bonds. The highest BCUT2D eigenvalue weighted by Crippen LogP contribution is 2.27. The van der Waals surface area contributed by atoms with Gasteiger partial charge in [-0.2, -0.15) is 0 Å². The summed E-state index contributed by atoms with van der Waals surface area (Å²) in [6.45, 7) is 3.16. The molecule has 0 spiro atoms. The Balaban J connectivity index is 1.31. The molecule has 1 N–H and O–H groups in total. The van der Waals surface area contributed by atoms with Crippen molar-refractivity contribution in [1.29, 1.82) is 0 Å². The molecule has 0 atom stereocenters. The number of aromatic nitrogens is 4. The number of pyridine rings is 2. The van der Waals surface area contributed by atoms with Gasteiger partial charge in [-0.05, 0) is 48.4 Å². The molecule has 0 saturated heterocycles. The van der Waals surface area contributed by atoms with Crippen LogP contribution in [0.25, 0.3) is 11.0 Å². The molecule has 0 radical (unpaired) electrons. The van der Waals surface area contributed by atoms with E-state index in [2.05, 4.69) is 51.0 Å². The number of nitrogens with one attached hydrogen (secondary N) is 1. The Morgan fingerprint density at radius 2 is 1.86 bits per heavy atom. The molecule has 7 heteroatoms. The quantitative estimate of drug-likeness (QED) is 0.302. The van der Waals surface area contributed by atoms with Crippen molar-refractivity contribution in [2.24, 2.45) is 0 Å². The third-order valence-corrected chi connectivity index (χ3v) is 6.73. The van der Waals surface area contributed by atoms with Gasteiger partial charge < -0.3 is 9.88 Å². The van der Waals surface area contributed by atoms with Gasteiger partial charge in [-0.25, -0.2) is 4.98 Å². The van der Waals surface area contributed by atoms with Crippen molar-refractivity contribution in [3.63, 3.8) is 0 Å². The van der Waals surface area contributed by atoms with E-state index in [0.29, 0.717) is 18.7 Å². The van der Waals surface area contributed by atoms with E-state index in [1.165, 1.54) is 11.1 Å². The number of carbonyl (C=O) groups is 1. The number of amides is 1. The molecule has 0 fully saturated rings. The molecule has 5 aromatic rings. The number of imidazole rings is 1. The number of aryl methyl sites for hydroxylation is 1. The second-order valence-electron chi connectivity index (χ2n) is 8.32. The summed E-state index contributed by atoms with van der Waals surface area (Å²) in [4.78, 5) is 26.0. The van der Waals surface area contributed by atoms with Gasteiger partial charge in [0.1, 0.15) is 0 Å². The van der Waals surface area contributed by atoms with Crippen LogP contribution in [0.5, 0.6) is 0 Å². The molecule has 0 saturated carbocycles. The summed E-state index contributed by atoms with van der Waals surface area (Å²) >= 11 is 1.72. The smallest absolute Gasteiger partial charge is 0.251 e. The molecule has 0 aliphatic rings. The zero-order chi connectivity index (χ0) is 24.0. The minimum absolute atomic E-state index is 0.117. The first kappa shape index (κ1) is 22.8. The summed E-state index contributed by atoms with van der Waals surface area (Å²) in [5, 5.41) is 3.87. The summed E-state index contributed by atoms with van der Waals surface area (Å²) in [6, 6.07) is 23.9. The van der Waals surface area contributed by atoms with Crippen molar-refractivity contribution in [3.05, 3.63) is 119 Å². The lowest BCUT2D eigenvalue weighted by molar-refractivity contribution is 0.0950. The molecule has 0 unspecified atom stereocenters. The number of carbonyl (C=O) groups excluding carboxylic acids is 1. The van der Waals surface area contributed by atoms with Crippen LogP contribution in [-0.2, 0) is 18.8 Å². The third kappa shape index (κ3) is 5.58. The SMILES string of the molecule is Cc1cccc(CSc2nc3ccncc3n2Cc2ccc(C(=O)NCc3ccccn3)cc2)c1. The van der Waals surface area contributed by atoms with Gasteiger partial charge in [0.25, 0.3) is 5.91 Å². The molecule has 6 nitrogen and oxygen atoms in total. The van der Waals surface area contributed by atoms with E-state index in [9.17, 15) is 4.79 Å². The second-order valence-corrected chi connectivity index (χ2v) is 9.27. The van der Waals surface area contributed by atoms with Crippen LogP contribution >= 0.6 is 11.8 Å². The number of fused-ring (bicyclic) bond motifs is 1. The van der Waals surface area contributed by atoms with Gasteiger partial charge in [-0.1, -0.05) is 59.8 Å². The van der Waals surface area contributed by atoms with E-state index in [0.717, 1.165) is 33.2 Å². The average molecular weight is 480 g/mol. The van der Waals surface area contributed by atoms with Crippen LogP contribution in [0.15, 0.2) is 96.5 Å². The van der Waals surface area contributed by atoms with E-state index in [1.807, 2.05) is 54.7 Å². The summed E-state index contributed by atoms with van der Waals surface area (Å²) < 4.78 is 2.19. The van der Waals surface area contributed by atoms with Gasteiger partial charge in [-0.3, -0.25) is 14.8 Å². The van der Waals surface area contributed by atoms with Crippen molar-refractivity contribution in [3.8, 4) is 0 Å². The maximum atomic E-state index is 12.6. The Morgan fingerprint density at radius 1 is 0.971 bits per heavy atom. The number of benzene rings is 2. The molecular weight excluding hydrogens is 454 g/mol. The topological polar surface area (TPSA) is 72.7 Å². The zero-order valence-corrected chi connectivity index (χ0v) is 20.2. The number of rotatable bonds is 8. The lowest BCUT2D eigenvalue weighted by Gasteiger charge is -2.10. The third-order valence-electron chi connectivity index (χ3n) is 5.68. The molecule has 3 heterocycles. The highest BCUT2D eigenvalue weighted by atomic mass is 32.2. The van der Waals surface area contributed by atoms with Crippen molar-refractivity contribution < 1.29 is 4.79 Å². The van der Waals surface area contributed by atoms with Crippen LogP contribution < -0.4 is 5.32 Å². The number of thioether (sulfide) groups is 1. The Morgan fingerprint density at radius 3 is 2.66 bits per heavy atom. The molecule has 174 valence electrons. The van der Waals surface area contributed by atoms with Gasteiger partial charge in [0.2, 0.25) is 0 Å². The van der Waals surface area contributed by atoms with Gasteiger partial charge in [0.15, 0.2) is 5.16 Å². The average Bonchev–Trinajstić information content (AvgIpc) is 3.24. The minimum atomic E-state index is -0.117. The lowest BCUT2D eigenvalue weighted by atomic mass is 10.1. The molecular formula is C28H25N5OS. The fraction of sp³-hybridized carbons (Fsp3) is 0.143. The van der Waals surface area contributed by atoms with Crippen molar-refractivity contribution in [2.45, 2.75) is 30.9 Å². The first-order chi connectivity index (χ1) is 17.2. The van der Waals surface area contributed by atoms with Gasteiger partial charge in [0.05, 0.1) is 36.0 Å². The molecule has 3 aromatic heterocycles. The second kappa shape index (κ2) is 10.5. The standard InChI is InChI=1S/C28H25N5OS/c1-20-5-4-6-22(15-20)19-35-28-32-25-12-14-29-17-26(25)33(28)18-21-8-10-23(11-9-21)27(34)31-16-24-7-2-3-13-30-24/h2-15,17H,16,18-19H2,1H3,(H,31,34). The number of hydrogen-bond acceptors (Lipinski definition) is 5. The van der Waals surface area contributed by atoms with Gasteiger partial charge >= 0.3 is 0 Å². The summed E-state index contributed by atoms with van der Waals surface area (Å²) in [5.74, 6) is 0.724. The maximum Gasteiger partial charge on any atom is 0.251 e. The van der Waals surface area contributed by atoms with Crippen molar-refractivity contribution in [1.82, 2.24) is 24.8 Å². The maximum absolute atomic E-state index is 12.6. The van der Waals surface area contributed by atoms with Crippen LogP contribution in [0.2, 0.25) is 0 Å². The number of hydrogen-bond donors (Lipinski definition) is 1. The predicted molar refractivity (Wildman–Crippen MR) is 139 cm³/mol. The normalized spacial score (nSPS) is 11.0.